The average Bonchev–Trinajstić information content (AvgIpc) is 3.31. The number of hydrogen-bond acceptors (Lipinski definition) is 3. The molecule has 2 rings (SSSR count). The molecule has 0 aliphatic heterocycles. The Labute approximate surface area is 125 Å². The monoisotopic (exact) mass is 289 g/mol. The van der Waals surface area contributed by atoms with Gasteiger partial charge in [-0.2, -0.15) is 0 Å². The summed E-state index contributed by atoms with van der Waals surface area (Å²) in [6.07, 6.45) is 6.16. The van der Waals surface area contributed by atoms with Crippen molar-refractivity contribution in [1.82, 2.24) is 15.2 Å². The first-order chi connectivity index (χ1) is 10.1. The van der Waals surface area contributed by atoms with E-state index in [0.29, 0.717) is 13.0 Å². The lowest BCUT2D eigenvalue weighted by Gasteiger charge is -2.16. The number of hydrogen-bond donors (Lipinski definition) is 1. The van der Waals surface area contributed by atoms with E-state index in [1.54, 1.807) is 17.3 Å². The van der Waals surface area contributed by atoms with Gasteiger partial charge in [0, 0.05) is 32.5 Å². The Kier molecular flexibility index (Phi) is 5.31. The molecule has 1 fully saturated rings. The Morgan fingerprint density at radius 2 is 2.05 bits per heavy atom. The number of carbonyl (C=O) groups is 2. The fourth-order valence-electron chi connectivity index (χ4n) is 2.37. The van der Waals surface area contributed by atoms with Crippen molar-refractivity contribution in [2.24, 2.45) is 11.8 Å². The van der Waals surface area contributed by atoms with E-state index in [9.17, 15) is 9.59 Å². The van der Waals surface area contributed by atoms with Gasteiger partial charge in [0.1, 0.15) is 0 Å². The van der Waals surface area contributed by atoms with Crippen molar-refractivity contribution < 1.29 is 9.59 Å². The van der Waals surface area contributed by atoms with Crippen molar-refractivity contribution in [3.05, 3.63) is 30.1 Å². The van der Waals surface area contributed by atoms with Crippen LogP contribution in [-0.2, 0) is 16.1 Å². The number of rotatable bonds is 7. The highest BCUT2D eigenvalue weighted by atomic mass is 16.2. The van der Waals surface area contributed by atoms with E-state index < -0.39 is 0 Å². The van der Waals surface area contributed by atoms with Gasteiger partial charge in [0.05, 0.1) is 11.8 Å². The van der Waals surface area contributed by atoms with Crippen molar-refractivity contribution in [3.8, 4) is 0 Å². The molecule has 0 spiro atoms. The maximum atomic E-state index is 12.1. The summed E-state index contributed by atoms with van der Waals surface area (Å²) in [7, 11) is 1.82. The molecule has 2 unspecified atom stereocenters. The van der Waals surface area contributed by atoms with E-state index in [1.165, 1.54) is 0 Å². The second-order valence-corrected chi connectivity index (χ2v) is 5.64. The van der Waals surface area contributed by atoms with Gasteiger partial charge in [0.15, 0.2) is 0 Å². The van der Waals surface area contributed by atoms with Gasteiger partial charge in [0.25, 0.3) is 0 Å². The Bertz CT molecular complexity index is 490. The van der Waals surface area contributed by atoms with Crippen molar-refractivity contribution in [2.45, 2.75) is 32.7 Å². The smallest absolute Gasteiger partial charge is 0.226 e. The second kappa shape index (κ2) is 7.20. The number of carbonyl (C=O) groups excluding carboxylic acids is 2. The predicted molar refractivity (Wildman–Crippen MR) is 80.2 cm³/mol. The standard InChI is InChI=1S/C16H23N3O2/c1-3-4-9-19(2)16(21)14-10-13(14)15(20)18-11-12-5-7-17-8-6-12/h5-8,13-14H,3-4,9-11H2,1-2H3,(H,18,20). The minimum absolute atomic E-state index is 0.0194. The molecule has 21 heavy (non-hydrogen) atoms. The number of unbranched alkanes of at least 4 members (excludes halogenated alkanes) is 1. The number of amides is 2. The summed E-state index contributed by atoms with van der Waals surface area (Å²) in [5, 5.41) is 2.89. The Hall–Kier alpha value is -1.91. The summed E-state index contributed by atoms with van der Waals surface area (Å²) in [6, 6.07) is 3.74. The highest BCUT2D eigenvalue weighted by Gasteiger charge is 2.48. The van der Waals surface area contributed by atoms with Crippen LogP contribution in [0.3, 0.4) is 0 Å². The third kappa shape index (κ3) is 4.28. The van der Waals surface area contributed by atoms with Crippen LogP contribution in [0.5, 0.6) is 0 Å². The lowest BCUT2D eigenvalue weighted by atomic mass is 10.2. The van der Waals surface area contributed by atoms with Crippen LogP contribution in [0.15, 0.2) is 24.5 Å². The van der Waals surface area contributed by atoms with Crippen LogP contribution in [0.4, 0.5) is 0 Å². The molecule has 1 aromatic rings. The van der Waals surface area contributed by atoms with Gasteiger partial charge in [-0.05, 0) is 30.5 Å². The number of nitrogens with zero attached hydrogens (tertiary/aromatic N) is 2. The van der Waals surface area contributed by atoms with Crippen molar-refractivity contribution in [2.75, 3.05) is 13.6 Å². The minimum atomic E-state index is -0.150. The van der Waals surface area contributed by atoms with Crippen LogP contribution in [0.1, 0.15) is 31.7 Å². The Balaban J connectivity index is 1.74. The number of pyridine rings is 1. The van der Waals surface area contributed by atoms with Gasteiger partial charge >= 0.3 is 0 Å². The van der Waals surface area contributed by atoms with Gasteiger partial charge < -0.3 is 10.2 Å². The molecule has 5 heteroatoms. The molecular weight excluding hydrogens is 266 g/mol. The Morgan fingerprint density at radius 1 is 1.33 bits per heavy atom. The molecule has 0 bridgehead atoms. The quantitative estimate of drug-likeness (QED) is 0.829. The highest BCUT2D eigenvalue weighted by molar-refractivity contribution is 5.92. The number of nitrogens with one attached hydrogen (secondary N) is 1. The van der Waals surface area contributed by atoms with E-state index in [0.717, 1.165) is 24.9 Å². The third-order valence-corrected chi connectivity index (χ3v) is 3.88. The summed E-state index contributed by atoms with van der Waals surface area (Å²) < 4.78 is 0. The molecule has 1 saturated carbocycles. The maximum Gasteiger partial charge on any atom is 0.226 e. The first-order valence-electron chi connectivity index (χ1n) is 7.55. The van der Waals surface area contributed by atoms with Gasteiger partial charge in [-0.25, -0.2) is 0 Å². The summed E-state index contributed by atoms with van der Waals surface area (Å²) in [6.45, 7) is 3.37. The first-order valence-corrected chi connectivity index (χ1v) is 7.55. The van der Waals surface area contributed by atoms with Crippen LogP contribution in [0.2, 0.25) is 0 Å². The molecule has 1 aliphatic carbocycles. The molecule has 1 heterocycles. The molecular formula is C16H23N3O2. The van der Waals surface area contributed by atoms with Gasteiger partial charge in [0.2, 0.25) is 11.8 Å². The maximum absolute atomic E-state index is 12.1. The van der Waals surface area contributed by atoms with E-state index in [1.807, 2.05) is 19.2 Å². The molecule has 114 valence electrons. The lowest BCUT2D eigenvalue weighted by molar-refractivity contribution is -0.133. The molecule has 1 N–H and O–H groups in total. The normalized spacial score (nSPS) is 19.9. The van der Waals surface area contributed by atoms with Crippen LogP contribution < -0.4 is 5.32 Å². The van der Waals surface area contributed by atoms with Crippen LogP contribution in [-0.4, -0.2) is 35.3 Å². The second-order valence-electron chi connectivity index (χ2n) is 5.64. The molecule has 2 atom stereocenters. The molecule has 2 amide bonds. The molecule has 1 aromatic heterocycles. The van der Waals surface area contributed by atoms with Gasteiger partial charge in [-0.1, -0.05) is 13.3 Å². The van der Waals surface area contributed by atoms with Crippen molar-refractivity contribution in [3.63, 3.8) is 0 Å². The van der Waals surface area contributed by atoms with E-state index in [-0.39, 0.29) is 23.7 Å². The van der Waals surface area contributed by atoms with Gasteiger partial charge in [-0.3, -0.25) is 14.6 Å². The van der Waals surface area contributed by atoms with Crippen LogP contribution in [0.25, 0.3) is 0 Å². The van der Waals surface area contributed by atoms with Gasteiger partial charge in [-0.15, -0.1) is 0 Å². The SMILES string of the molecule is CCCCN(C)C(=O)C1CC1C(=O)NCc1ccncc1. The van der Waals surface area contributed by atoms with Crippen molar-refractivity contribution in [1.29, 1.82) is 0 Å². The predicted octanol–water partition coefficient (Wildman–Crippen LogP) is 1.59. The molecule has 0 radical (unpaired) electrons. The van der Waals surface area contributed by atoms with E-state index >= 15 is 0 Å². The minimum Gasteiger partial charge on any atom is -0.352 e. The first kappa shape index (κ1) is 15.5. The average molecular weight is 289 g/mol. The zero-order chi connectivity index (χ0) is 15.2. The van der Waals surface area contributed by atoms with Crippen molar-refractivity contribution >= 4 is 11.8 Å². The molecule has 1 aliphatic rings. The third-order valence-electron chi connectivity index (χ3n) is 3.88. The summed E-state index contributed by atoms with van der Waals surface area (Å²) >= 11 is 0. The molecule has 0 aromatic carbocycles. The van der Waals surface area contributed by atoms with E-state index in [4.69, 9.17) is 0 Å². The summed E-state index contributed by atoms with van der Waals surface area (Å²) in [5.41, 5.74) is 1.02. The summed E-state index contributed by atoms with van der Waals surface area (Å²) in [4.78, 5) is 29.9. The lowest BCUT2D eigenvalue weighted by Crippen LogP contribution is -2.32. The van der Waals surface area contributed by atoms with Crippen LogP contribution >= 0.6 is 0 Å². The largest absolute Gasteiger partial charge is 0.352 e. The molecule has 0 saturated heterocycles. The zero-order valence-electron chi connectivity index (χ0n) is 12.7. The topological polar surface area (TPSA) is 62.3 Å². The molecule has 5 nitrogen and oxygen atoms in total. The number of aromatic nitrogens is 1. The highest BCUT2D eigenvalue weighted by Crippen LogP contribution is 2.40. The van der Waals surface area contributed by atoms with E-state index in [2.05, 4.69) is 17.2 Å². The zero-order valence-corrected chi connectivity index (χ0v) is 12.7. The fraction of sp³-hybridized carbons (Fsp3) is 0.562. The van der Waals surface area contributed by atoms with Crippen LogP contribution in [0, 0.1) is 11.8 Å². The summed E-state index contributed by atoms with van der Waals surface area (Å²) in [5.74, 6) is -0.186. The Morgan fingerprint density at radius 3 is 2.71 bits per heavy atom. The fourth-order valence-corrected chi connectivity index (χ4v) is 2.37.